The van der Waals surface area contributed by atoms with Crippen LogP contribution in [0.3, 0.4) is 0 Å². The molecule has 0 saturated carbocycles. The summed E-state index contributed by atoms with van der Waals surface area (Å²) in [6.45, 7) is 7.06. The van der Waals surface area contributed by atoms with Crippen LogP contribution in [-0.4, -0.2) is 92.0 Å². The maximum Gasteiger partial charge on any atom is 0.280 e. The van der Waals surface area contributed by atoms with Gasteiger partial charge in [0.2, 0.25) is 11.9 Å². The Hall–Kier alpha value is -2.25. The summed E-state index contributed by atoms with van der Waals surface area (Å²) in [7, 11) is 0. The summed E-state index contributed by atoms with van der Waals surface area (Å²) in [5, 5.41) is 30.2. The second kappa shape index (κ2) is 7.54. The van der Waals surface area contributed by atoms with Gasteiger partial charge in [0, 0.05) is 0 Å². The summed E-state index contributed by atoms with van der Waals surface area (Å²) in [4.78, 5) is 27.0. The van der Waals surface area contributed by atoms with Gasteiger partial charge >= 0.3 is 0 Å². The number of imidazole rings is 1. The van der Waals surface area contributed by atoms with Gasteiger partial charge in [0.05, 0.1) is 38.8 Å². The van der Waals surface area contributed by atoms with Gasteiger partial charge in [-0.25, -0.2) is 4.98 Å². The van der Waals surface area contributed by atoms with Gasteiger partial charge in [-0.15, -0.1) is 0 Å². The molecule has 29 heavy (non-hydrogen) atoms. The monoisotopic (exact) mass is 410 g/mol. The van der Waals surface area contributed by atoms with Crippen LogP contribution in [0, 0.1) is 0 Å². The van der Waals surface area contributed by atoms with Crippen LogP contribution in [0.2, 0.25) is 0 Å². The van der Waals surface area contributed by atoms with Gasteiger partial charge in [0.15, 0.2) is 17.4 Å². The van der Waals surface area contributed by atoms with Crippen molar-refractivity contribution in [3.63, 3.8) is 0 Å². The number of nitrogens with one attached hydrogen (secondary N) is 2. The average Bonchev–Trinajstić information content (AvgIpc) is 3.20. The Morgan fingerprint density at radius 1 is 1.28 bits per heavy atom. The Morgan fingerprint density at radius 2 is 1.97 bits per heavy atom. The van der Waals surface area contributed by atoms with E-state index in [1.54, 1.807) is 0 Å². The van der Waals surface area contributed by atoms with E-state index >= 15 is 0 Å². The number of nitrogens with zero attached hydrogens (tertiary/aromatic N) is 4. The van der Waals surface area contributed by atoms with E-state index in [9.17, 15) is 20.1 Å². The Kier molecular flexibility index (Phi) is 5.21. The third kappa shape index (κ3) is 3.36. The van der Waals surface area contributed by atoms with Crippen LogP contribution < -0.4 is 21.1 Å². The summed E-state index contributed by atoms with van der Waals surface area (Å²) in [5.74, 6) is 0.331. The fraction of sp³-hybridized carbons (Fsp3) is 0.706. The minimum Gasteiger partial charge on any atom is -0.394 e. The molecule has 0 unspecified atom stereocenters. The van der Waals surface area contributed by atoms with Crippen LogP contribution in [0.15, 0.2) is 4.79 Å². The summed E-state index contributed by atoms with van der Waals surface area (Å²) in [6, 6.07) is 0.501. The van der Waals surface area contributed by atoms with Crippen LogP contribution >= 0.6 is 0 Å². The van der Waals surface area contributed by atoms with Gasteiger partial charge in [-0.3, -0.25) is 14.3 Å². The first-order valence-corrected chi connectivity index (χ1v) is 9.81. The third-order valence-corrected chi connectivity index (χ3v) is 5.83. The molecule has 0 spiro atoms. The molecule has 0 bridgehead atoms. The Balaban J connectivity index is 1.79. The number of anilines is 2. The molecule has 12 heteroatoms. The number of aromatic nitrogens is 4. The molecule has 0 aliphatic carbocycles. The van der Waals surface area contributed by atoms with Gasteiger partial charge in [-0.1, -0.05) is 0 Å². The second-order valence-electron chi connectivity index (χ2n) is 7.93. The summed E-state index contributed by atoms with van der Waals surface area (Å²) in [6.07, 6.45) is -4.63. The lowest BCUT2D eigenvalue weighted by Crippen LogP contribution is -3.17. The van der Waals surface area contributed by atoms with Crippen molar-refractivity contribution in [2.45, 2.75) is 44.4 Å². The van der Waals surface area contributed by atoms with Gasteiger partial charge in [-0.05, 0) is 13.8 Å². The van der Waals surface area contributed by atoms with Crippen molar-refractivity contribution < 1.29 is 25.0 Å². The number of aromatic amines is 1. The zero-order valence-corrected chi connectivity index (χ0v) is 16.4. The molecule has 12 nitrogen and oxygen atoms in total. The average molecular weight is 410 g/mol. The molecule has 0 amide bonds. The number of piperazine rings is 1. The number of aliphatic hydroxyl groups is 3. The summed E-state index contributed by atoms with van der Waals surface area (Å²) < 4.78 is 7.21. The smallest absolute Gasteiger partial charge is 0.280 e. The predicted molar refractivity (Wildman–Crippen MR) is 104 cm³/mol. The fourth-order valence-corrected chi connectivity index (χ4v) is 4.11. The summed E-state index contributed by atoms with van der Waals surface area (Å²) in [5.41, 5.74) is 5.47. The lowest BCUT2D eigenvalue weighted by Gasteiger charge is -2.35. The third-order valence-electron chi connectivity index (χ3n) is 5.83. The van der Waals surface area contributed by atoms with Crippen molar-refractivity contribution in [3.05, 3.63) is 10.4 Å². The largest absolute Gasteiger partial charge is 0.394 e. The van der Waals surface area contributed by atoms with Crippen molar-refractivity contribution in [2.75, 3.05) is 43.4 Å². The standard InChI is InChI=1S/C17H27N7O5/c1-8(2)22-3-5-23(6-4-22)17-19-10-13(20-16(18)21-14(10)28)24(17)15-12(27)11(26)9(7-25)29-15/h8-9,11-12,15,25-27H,3-7H2,1-2H3,(H3,18,20,21,28)/p+1/t9-,11+,12+,15-/m0/s1. The lowest BCUT2D eigenvalue weighted by molar-refractivity contribution is -0.922. The molecule has 2 aliphatic rings. The van der Waals surface area contributed by atoms with Crippen LogP contribution in [0.1, 0.15) is 20.1 Å². The number of rotatable bonds is 4. The number of aliphatic hydroxyl groups excluding tert-OH is 3. The number of hydrogen-bond donors (Lipinski definition) is 6. The molecule has 2 fully saturated rings. The number of nitrogen functional groups attached to an aromatic ring is 1. The molecule has 0 aromatic carbocycles. The van der Waals surface area contributed by atoms with Gasteiger partial charge in [-0.2, -0.15) is 4.98 Å². The van der Waals surface area contributed by atoms with Crippen LogP contribution in [0.5, 0.6) is 0 Å². The zero-order valence-electron chi connectivity index (χ0n) is 16.4. The highest BCUT2D eigenvalue weighted by molar-refractivity contribution is 5.75. The van der Waals surface area contributed by atoms with E-state index in [4.69, 9.17) is 10.5 Å². The molecule has 2 aliphatic heterocycles. The van der Waals surface area contributed by atoms with Crippen molar-refractivity contribution in [3.8, 4) is 0 Å². The first kappa shape index (κ1) is 20.0. The van der Waals surface area contributed by atoms with Gasteiger partial charge in [0.25, 0.3) is 5.56 Å². The van der Waals surface area contributed by atoms with Gasteiger partial charge < -0.3 is 35.6 Å². The SMILES string of the molecule is CC(C)[NH+]1CCN(c2nc3c(=O)[nH]c(N)nc3n2[C@H]2O[C@@H](CO)[C@@H](O)[C@H]2O)CC1. The molecule has 2 saturated heterocycles. The van der Waals surface area contributed by atoms with E-state index in [0.29, 0.717) is 25.1 Å². The first-order chi connectivity index (χ1) is 13.8. The van der Waals surface area contributed by atoms with Crippen LogP contribution in [-0.2, 0) is 4.74 Å². The minimum atomic E-state index is -1.33. The normalized spacial score (nSPS) is 28.7. The van der Waals surface area contributed by atoms with Crippen LogP contribution in [0.4, 0.5) is 11.9 Å². The lowest BCUT2D eigenvalue weighted by atomic mass is 10.1. The Morgan fingerprint density at radius 3 is 2.55 bits per heavy atom. The number of ether oxygens (including phenoxy) is 1. The predicted octanol–water partition coefficient (Wildman–Crippen LogP) is -3.57. The molecule has 4 rings (SSSR count). The highest BCUT2D eigenvalue weighted by Gasteiger charge is 2.45. The van der Waals surface area contributed by atoms with E-state index in [0.717, 1.165) is 13.1 Å². The van der Waals surface area contributed by atoms with Crippen LogP contribution in [0.25, 0.3) is 11.2 Å². The topological polar surface area (TPSA) is 167 Å². The molecule has 0 radical (unpaired) electrons. The molecule has 2 aromatic heterocycles. The Labute approximate surface area is 166 Å². The van der Waals surface area contributed by atoms with Gasteiger partial charge in [0.1, 0.15) is 18.3 Å². The quantitative estimate of drug-likeness (QED) is 0.299. The molecule has 160 valence electrons. The maximum atomic E-state index is 12.4. The van der Waals surface area contributed by atoms with Crippen molar-refractivity contribution in [2.24, 2.45) is 0 Å². The second-order valence-corrected chi connectivity index (χ2v) is 7.93. The number of hydrogen-bond acceptors (Lipinski definition) is 9. The van der Waals surface area contributed by atoms with Crippen molar-refractivity contribution in [1.29, 1.82) is 0 Å². The molecule has 2 aromatic rings. The Bertz CT molecular complexity index is 936. The molecule has 7 N–H and O–H groups in total. The minimum absolute atomic E-state index is 0.0746. The zero-order chi connectivity index (χ0) is 20.9. The van der Waals surface area contributed by atoms with E-state index in [-0.39, 0.29) is 17.1 Å². The van der Waals surface area contributed by atoms with E-state index in [2.05, 4.69) is 28.8 Å². The highest BCUT2D eigenvalue weighted by Crippen LogP contribution is 2.35. The van der Waals surface area contributed by atoms with Crippen molar-refractivity contribution in [1.82, 2.24) is 19.5 Å². The van der Waals surface area contributed by atoms with E-state index in [1.165, 1.54) is 9.47 Å². The molecule has 4 heterocycles. The number of nitrogens with two attached hydrogens (primary N) is 1. The molecule has 4 atom stereocenters. The number of fused-ring (bicyclic) bond motifs is 1. The number of H-pyrrole nitrogens is 1. The highest BCUT2D eigenvalue weighted by atomic mass is 16.6. The molecular weight excluding hydrogens is 382 g/mol. The van der Waals surface area contributed by atoms with E-state index < -0.39 is 36.7 Å². The number of quaternary nitrogens is 1. The van der Waals surface area contributed by atoms with E-state index in [1.807, 2.05) is 4.90 Å². The first-order valence-electron chi connectivity index (χ1n) is 9.81. The molecular formula is C17H28N7O5+. The maximum absolute atomic E-state index is 12.4. The fourth-order valence-electron chi connectivity index (χ4n) is 4.11. The summed E-state index contributed by atoms with van der Waals surface area (Å²) >= 11 is 0. The van der Waals surface area contributed by atoms with Crippen molar-refractivity contribution >= 4 is 23.1 Å².